The molecule has 4 aromatic rings. The molecule has 0 aliphatic carbocycles. The van der Waals surface area contributed by atoms with Crippen molar-refractivity contribution in [2.24, 2.45) is 0 Å². The van der Waals surface area contributed by atoms with Crippen LogP contribution in [0.4, 0.5) is 0 Å². The molecule has 0 bridgehead atoms. The number of aromatic nitrogens is 4. The van der Waals surface area contributed by atoms with Gasteiger partial charge in [0.25, 0.3) is 0 Å². The average molecular weight is 339 g/mol. The van der Waals surface area contributed by atoms with E-state index in [1.807, 2.05) is 41.2 Å². The van der Waals surface area contributed by atoms with Crippen LogP contribution in [0.25, 0.3) is 28.4 Å². The third-order valence-corrected chi connectivity index (χ3v) is 4.43. The van der Waals surface area contributed by atoms with E-state index in [2.05, 4.69) is 47.1 Å². The molecule has 2 aromatic carbocycles. The SMILES string of the molecule is Cc1ccc(-n2cc(/C=C(\C#N)c3nc4ccccc4[nH]3)cn2)cc1C. The Morgan fingerprint density at radius 2 is 2.00 bits per heavy atom. The summed E-state index contributed by atoms with van der Waals surface area (Å²) in [7, 11) is 0. The van der Waals surface area contributed by atoms with Crippen LogP contribution in [0.5, 0.6) is 0 Å². The van der Waals surface area contributed by atoms with Crippen molar-refractivity contribution in [2.75, 3.05) is 0 Å². The molecule has 0 saturated heterocycles. The molecule has 5 heteroatoms. The van der Waals surface area contributed by atoms with E-state index in [0.29, 0.717) is 11.4 Å². The lowest BCUT2D eigenvalue weighted by atomic mass is 10.1. The van der Waals surface area contributed by atoms with Crippen molar-refractivity contribution in [1.82, 2.24) is 19.7 Å². The van der Waals surface area contributed by atoms with E-state index in [-0.39, 0.29) is 0 Å². The van der Waals surface area contributed by atoms with E-state index in [1.54, 1.807) is 12.3 Å². The molecule has 126 valence electrons. The van der Waals surface area contributed by atoms with Gasteiger partial charge in [0.05, 0.1) is 28.5 Å². The van der Waals surface area contributed by atoms with Crippen LogP contribution >= 0.6 is 0 Å². The van der Waals surface area contributed by atoms with E-state index in [9.17, 15) is 5.26 Å². The van der Waals surface area contributed by atoms with Crippen LogP contribution in [-0.4, -0.2) is 19.7 Å². The van der Waals surface area contributed by atoms with Gasteiger partial charge >= 0.3 is 0 Å². The van der Waals surface area contributed by atoms with E-state index in [1.165, 1.54) is 11.1 Å². The van der Waals surface area contributed by atoms with Crippen molar-refractivity contribution in [1.29, 1.82) is 5.26 Å². The summed E-state index contributed by atoms with van der Waals surface area (Å²) < 4.78 is 1.81. The number of aromatic amines is 1. The van der Waals surface area contributed by atoms with Crippen molar-refractivity contribution < 1.29 is 0 Å². The number of nitriles is 1. The number of fused-ring (bicyclic) bond motifs is 1. The van der Waals surface area contributed by atoms with Gasteiger partial charge in [-0.1, -0.05) is 18.2 Å². The Morgan fingerprint density at radius 1 is 1.15 bits per heavy atom. The van der Waals surface area contributed by atoms with Crippen molar-refractivity contribution >= 4 is 22.7 Å². The van der Waals surface area contributed by atoms with Gasteiger partial charge in [0, 0.05) is 11.8 Å². The predicted molar refractivity (Wildman–Crippen MR) is 103 cm³/mol. The number of benzene rings is 2. The van der Waals surface area contributed by atoms with Gasteiger partial charge in [0.2, 0.25) is 0 Å². The average Bonchev–Trinajstić information content (AvgIpc) is 3.28. The summed E-state index contributed by atoms with van der Waals surface area (Å²) >= 11 is 0. The number of nitrogens with one attached hydrogen (secondary N) is 1. The van der Waals surface area contributed by atoms with Gasteiger partial charge in [-0.2, -0.15) is 10.4 Å². The zero-order valence-corrected chi connectivity index (χ0v) is 14.6. The Balaban J connectivity index is 1.69. The third kappa shape index (κ3) is 2.89. The molecule has 26 heavy (non-hydrogen) atoms. The Morgan fingerprint density at radius 3 is 2.77 bits per heavy atom. The van der Waals surface area contributed by atoms with Crippen LogP contribution in [0.1, 0.15) is 22.5 Å². The summed E-state index contributed by atoms with van der Waals surface area (Å²) in [6, 6.07) is 16.2. The second-order valence-corrected chi connectivity index (χ2v) is 6.26. The van der Waals surface area contributed by atoms with Crippen molar-refractivity contribution in [3.05, 3.63) is 77.4 Å². The largest absolute Gasteiger partial charge is 0.337 e. The highest BCUT2D eigenvalue weighted by Crippen LogP contribution is 2.20. The first kappa shape index (κ1) is 15.9. The number of para-hydroxylation sites is 2. The summed E-state index contributed by atoms with van der Waals surface area (Å²) in [6.07, 6.45) is 5.45. The number of hydrogen-bond acceptors (Lipinski definition) is 3. The standard InChI is InChI=1S/C21H17N5/c1-14-7-8-18(9-15(14)2)26-13-16(12-23-26)10-17(11-22)21-24-19-5-3-4-6-20(19)25-21/h3-10,12-13H,1-2H3,(H,24,25)/b17-10+. The molecule has 0 atom stereocenters. The zero-order valence-electron chi connectivity index (χ0n) is 14.6. The highest BCUT2D eigenvalue weighted by molar-refractivity contribution is 5.90. The minimum absolute atomic E-state index is 0.473. The topological polar surface area (TPSA) is 70.3 Å². The zero-order chi connectivity index (χ0) is 18.1. The molecule has 0 saturated carbocycles. The maximum absolute atomic E-state index is 9.55. The van der Waals surface area contributed by atoms with Crippen LogP contribution in [-0.2, 0) is 0 Å². The first-order valence-electron chi connectivity index (χ1n) is 8.33. The van der Waals surface area contributed by atoms with Gasteiger partial charge < -0.3 is 4.98 Å². The van der Waals surface area contributed by atoms with Crippen molar-refractivity contribution in [2.45, 2.75) is 13.8 Å². The second kappa shape index (κ2) is 6.34. The van der Waals surface area contributed by atoms with Crippen LogP contribution in [0, 0.1) is 25.2 Å². The molecule has 4 rings (SSSR count). The predicted octanol–water partition coefficient (Wildman–Crippen LogP) is 4.43. The first-order valence-corrected chi connectivity index (χ1v) is 8.33. The molecular formula is C21H17N5. The summed E-state index contributed by atoms with van der Waals surface area (Å²) in [4.78, 5) is 7.68. The molecule has 1 N–H and O–H groups in total. The smallest absolute Gasteiger partial charge is 0.149 e. The summed E-state index contributed by atoms with van der Waals surface area (Å²) in [5.74, 6) is 0.563. The molecule has 0 radical (unpaired) electrons. The quantitative estimate of drug-likeness (QED) is 0.561. The number of hydrogen-bond donors (Lipinski definition) is 1. The molecule has 0 aliphatic heterocycles. The van der Waals surface area contributed by atoms with E-state index in [4.69, 9.17) is 0 Å². The lowest BCUT2D eigenvalue weighted by Crippen LogP contribution is -1.95. The Bertz CT molecular complexity index is 1140. The fourth-order valence-corrected chi connectivity index (χ4v) is 2.82. The van der Waals surface area contributed by atoms with Crippen LogP contribution in [0.3, 0.4) is 0 Å². The minimum Gasteiger partial charge on any atom is -0.337 e. The highest BCUT2D eigenvalue weighted by Gasteiger charge is 2.09. The second-order valence-electron chi connectivity index (χ2n) is 6.26. The van der Waals surface area contributed by atoms with Gasteiger partial charge in [0.15, 0.2) is 0 Å². The van der Waals surface area contributed by atoms with Crippen LogP contribution in [0.15, 0.2) is 54.9 Å². The highest BCUT2D eigenvalue weighted by atomic mass is 15.3. The molecule has 5 nitrogen and oxygen atoms in total. The number of H-pyrrole nitrogens is 1. The maximum atomic E-state index is 9.55. The molecule has 2 aromatic heterocycles. The third-order valence-electron chi connectivity index (χ3n) is 4.43. The van der Waals surface area contributed by atoms with Gasteiger partial charge in [-0.25, -0.2) is 9.67 Å². The fraction of sp³-hybridized carbons (Fsp3) is 0.0952. The summed E-state index contributed by atoms with van der Waals surface area (Å²) in [5, 5.41) is 14.0. The number of rotatable bonds is 3. The monoisotopic (exact) mass is 339 g/mol. The van der Waals surface area contributed by atoms with Gasteiger partial charge in [-0.05, 0) is 55.3 Å². The normalized spacial score (nSPS) is 11.7. The van der Waals surface area contributed by atoms with Gasteiger partial charge in [0.1, 0.15) is 11.9 Å². The lowest BCUT2D eigenvalue weighted by Gasteiger charge is -2.04. The Labute approximate surface area is 151 Å². The van der Waals surface area contributed by atoms with Crippen molar-refractivity contribution in [3.63, 3.8) is 0 Å². The number of allylic oxidation sites excluding steroid dienone is 1. The Kier molecular flexibility index (Phi) is 3.86. The molecule has 0 amide bonds. The van der Waals surface area contributed by atoms with Gasteiger partial charge in [-0.15, -0.1) is 0 Å². The van der Waals surface area contributed by atoms with E-state index in [0.717, 1.165) is 22.3 Å². The summed E-state index contributed by atoms with van der Waals surface area (Å²) in [5.41, 5.74) is 6.53. The maximum Gasteiger partial charge on any atom is 0.149 e. The van der Waals surface area contributed by atoms with Crippen molar-refractivity contribution in [3.8, 4) is 11.8 Å². The molecule has 0 fully saturated rings. The Hall–Kier alpha value is -3.65. The number of nitrogens with zero attached hydrogens (tertiary/aromatic N) is 4. The van der Waals surface area contributed by atoms with Gasteiger partial charge in [-0.3, -0.25) is 0 Å². The number of imidazole rings is 1. The summed E-state index contributed by atoms with van der Waals surface area (Å²) in [6.45, 7) is 4.17. The lowest BCUT2D eigenvalue weighted by molar-refractivity contribution is 0.878. The first-order chi connectivity index (χ1) is 12.6. The van der Waals surface area contributed by atoms with Crippen LogP contribution < -0.4 is 0 Å². The minimum atomic E-state index is 0.473. The van der Waals surface area contributed by atoms with E-state index >= 15 is 0 Å². The number of aryl methyl sites for hydroxylation is 2. The molecule has 0 spiro atoms. The molecule has 2 heterocycles. The molecular weight excluding hydrogens is 322 g/mol. The molecule has 0 aliphatic rings. The molecule has 0 unspecified atom stereocenters. The fourth-order valence-electron chi connectivity index (χ4n) is 2.82. The van der Waals surface area contributed by atoms with E-state index < -0.39 is 0 Å². The van der Waals surface area contributed by atoms with Crippen LogP contribution in [0.2, 0.25) is 0 Å².